The Morgan fingerprint density at radius 2 is 2.00 bits per heavy atom. The lowest BCUT2D eigenvalue weighted by atomic mass is 10.1. The van der Waals surface area contributed by atoms with Crippen LogP contribution >= 0.6 is 0 Å². The second-order valence-corrected chi connectivity index (χ2v) is 7.27. The standard InChI is InChI=1S/C19H23N5O3/c1-22-11-14(16(27-3)8-18(22)25)19(26)23(2)13-9-24(10-13)17-7-6-15(20-21-17)12-4-5-12/h6-8,11-13H,4-5,9-10H2,1-3H3. The predicted molar refractivity (Wildman–Crippen MR) is 100 cm³/mol. The van der Waals surface area contributed by atoms with Crippen LogP contribution in [0, 0.1) is 0 Å². The van der Waals surface area contributed by atoms with E-state index in [0.29, 0.717) is 30.3 Å². The summed E-state index contributed by atoms with van der Waals surface area (Å²) in [4.78, 5) is 28.4. The van der Waals surface area contributed by atoms with Crippen molar-refractivity contribution in [2.75, 3.05) is 32.1 Å². The number of pyridine rings is 1. The van der Waals surface area contributed by atoms with Gasteiger partial charge in [-0.25, -0.2) is 0 Å². The van der Waals surface area contributed by atoms with Crippen LogP contribution in [-0.4, -0.2) is 58.9 Å². The van der Waals surface area contributed by atoms with Crippen molar-refractivity contribution in [1.82, 2.24) is 19.7 Å². The van der Waals surface area contributed by atoms with Gasteiger partial charge in [0.25, 0.3) is 11.5 Å². The molecule has 2 aromatic heterocycles. The highest BCUT2D eigenvalue weighted by atomic mass is 16.5. The van der Waals surface area contributed by atoms with Gasteiger partial charge in [-0.1, -0.05) is 0 Å². The molecule has 142 valence electrons. The molecule has 2 aromatic rings. The first kappa shape index (κ1) is 17.5. The van der Waals surface area contributed by atoms with E-state index in [9.17, 15) is 9.59 Å². The minimum atomic E-state index is -0.214. The molecule has 8 heteroatoms. The lowest BCUT2D eigenvalue weighted by molar-refractivity contribution is 0.0700. The summed E-state index contributed by atoms with van der Waals surface area (Å²) < 4.78 is 6.60. The number of carbonyl (C=O) groups excluding carboxylic acids is 1. The smallest absolute Gasteiger partial charge is 0.259 e. The van der Waals surface area contributed by atoms with Crippen LogP contribution in [0.15, 0.2) is 29.2 Å². The number of aryl methyl sites for hydroxylation is 1. The first-order valence-electron chi connectivity index (χ1n) is 9.08. The Morgan fingerprint density at radius 3 is 2.59 bits per heavy atom. The Labute approximate surface area is 157 Å². The molecular weight excluding hydrogens is 346 g/mol. The summed E-state index contributed by atoms with van der Waals surface area (Å²) in [5.41, 5.74) is 1.24. The van der Waals surface area contributed by atoms with E-state index in [1.807, 2.05) is 6.07 Å². The monoisotopic (exact) mass is 369 g/mol. The summed E-state index contributed by atoms with van der Waals surface area (Å²) >= 11 is 0. The highest BCUT2D eigenvalue weighted by molar-refractivity contribution is 5.96. The lowest BCUT2D eigenvalue weighted by Gasteiger charge is -2.44. The Balaban J connectivity index is 1.42. The lowest BCUT2D eigenvalue weighted by Crippen LogP contribution is -2.60. The SMILES string of the molecule is COc1cc(=O)n(C)cc1C(=O)N(C)C1CN(c2ccc(C3CC3)nn2)C1. The van der Waals surface area contributed by atoms with Crippen LogP contribution in [0.1, 0.15) is 34.8 Å². The van der Waals surface area contributed by atoms with Gasteiger partial charge < -0.3 is 19.1 Å². The number of amides is 1. The van der Waals surface area contributed by atoms with Crippen molar-refractivity contribution in [3.8, 4) is 5.75 Å². The Hall–Kier alpha value is -2.90. The van der Waals surface area contributed by atoms with Gasteiger partial charge in [0, 0.05) is 45.4 Å². The predicted octanol–water partition coefficient (Wildman–Crippen LogP) is 1.02. The molecule has 8 nitrogen and oxygen atoms in total. The van der Waals surface area contributed by atoms with Gasteiger partial charge in [0.15, 0.2) is 5.82 Å². The normalized spacial score (nSPS) is 16.8. The molecule has 0 unspecified atom stereocenters. The van der Waals surface area contributed by atoms with Crippen molar-refractivity contribution < 1.29 is 9.53 Å². The molecule has 1 saturated carbocycles. The Morgan fingerprint density at radius 1 is 1.26 bits per heavy atom. The Bertz CT molecular complexity index is 914. The van der Waals surface area contributed by atoms with E-state index < -0.39 is 0 Å². The Kier molecular flexibility index (Phi) is 4.33. The van der Waals surface area contributed by atoms with Crippen molar-refractivity contribution >= 4 is 11.7 Å². The largest absolute Gasteiger partial charge is 0.496 e. The summed E-state index contributed by atoms with van der Waals surface area (Å²) in [7, 11) is 4.85. The van der Waals surface area contributed by atoms with E-state index in [1.54, 1.807) is 19.0 Å². The van der Waals surface area contributed by atoms with E-state index >= 15 is 0 Å². The van der Waals surface area contributed by atoms with Gasteiger partial charge in [0.1, 0.15) is 5.75 Å². The second kappa shape index (κ2) is 6.68. The molecule has 0 N–H and O–H groups in total. The third-order valence-corrected chi connectivity index (χ3v) is 5.36. The number of methoxy groups -OCH3 is 1. The van der Waals surface area contributed by atoms with Crippen LogP contribution in [0.2, 0.25) is 0 Å². The summed E-state index contributed by atoms with van der Waals surface area (Å²) in [5.74, 6) is 1.57. The number of rotatable bonds is 5. The zero-order chi connectivity index (χ0) is 19.1. The van der Waals surface area contributed by atoms with Crippen LogP contribution in [0.3, 0.4) is 0 Å². The van der Waals surface area contributed by atoms with Gasteiger partial charge in [-0.15, -0.1) is 5.10 Å². The van der Waals surface area contributed by atoms with Crippen molar-refractivity contribution in [1.29, 1.82) is 0 Å². The van der Waals surface area contributed by atoms with E-state index in [1.165, 1.54) is 36.8 Å². The van der Waals surface area contributed by atoms with Crippen LogP contribution in [0.25, 0.3) is 0 Å². The molecule has 0 bridgehead atoms. The van der Waals surface area contributed by atoms with Gasteiger partial charge in [0.05, 0.1) is 24.4 Å². The van der Waals surface area contributed by atoms with Gasteiger partial charge in [-0.3, -0.25) is 9.59 Å². The van der Waals surface area contributed by atoms with Crippen LogP contribution < -0.4 is 15.2 Å². The quantitative estimate of drug-likeness (QED) is 0.783. The number of aromatic nitrogens is 3. The number of hydrogen-bond acceptors (Lipinski definition) is 6. The fourth-order valence-electron chi connectivity index (χ4n) is 3.29. The van der Waals surface area contributed by atoms with Crippen molar-refractivity contribution in [3.63, 3.8) is 0 Å². The molecular formula is C19H23N5O3. The maximum absolute atomic E-state index is 12.9. The minimum Gasteiger partial charge on any atom is -0.496 e. The fourth-order valence-corrected chi connectivity index (χ4v) is 3.29. The van der Waals surface area contributed by atoms with E-state index in [2.05, 4.69) is 21.2 Å². The van der Waals surface area contributed by atoms with Crippen LogP contribution in [0.4, 0.5) is 5.82 Å². The van der Waals surface area contributed by atoms with E-state index in [-0.39, 0.29) is 17.5 Å². The molecule has 2 aliphatic rings. The first-order valence-corrected chi connectivity index (χ1v) is 9.08. The molecule has 0 radical (unpaired) electrons. The molecule has 1 aliphatic heterocycles. The molecule has 0 aromatic carbocycles. The molecule has 0 atom stereocenters. The zero-order valence-electron chi connectivity index (χ0n) is 15.8. The molecule has 1 aliphatic carbocycles. The van der Waals surface area contributed by atoms with Crippen LogP contribution in [-0.2, 0) is 7.05 Å². The number of ether oxygens (including phenoxy) is 1. The van der Waals surface area contributed by atoms with Crippen LogP contribution in [0.5, 0.6) is 5.75 Å². The van der Waals surface area contributed by atoms with Crippen molar-refractivity contribution in [2.24, 2.45) is 7.05 Å². The third-order valence-electron chi connectivity index (χ3n) is 5.36. The van der Waals surface area contributed by atoms with Crippen molar-refractivity contribution in [3.05, 3.63) is 46.0 Å². The molecule has 1 amide bonds. The molecule has 0 spiro atoms. The summed E-state index contributed by atoms with van der Waals surface area (Å²) in [5, 5.41) is 8.64. The van der Waals surface area contributed by atoms with E-state index in [4.69, 9.17) is 4.74 Å². The number of nitrogens with zero attached hydrogens (tertiary/aromatic N) is 5. The maximum Gasteiger partial charge on any atom is 0.259 e. The van der Waals surface area contributed by atoms with Crippen molar-refractivity contribution in [2.45, 2.75) is 24.8 Å². The maximum atomic E-state index is 12.9. The highest BCUT2D eigenvalue weighted by Crippen LogP contribution is 2.38. The van der Waals surface area contributed by atoms with Gasteiger partial charge in [0.2, 0.25) is 0 Å². The topological polar surface area (TPSA) is 80.6 Å². The zero-order valence-corrected chi connectivity index (χ0v) is 15.8. The molecule has 2 fully saturated rings. The molecule has 27 heavy (non-hydrogen) atoms. The average Bonchev–Trinajstić information content (AvgIpc) is 3.47. The average molecular weight is 369 g/mol. The molecule has 4 rings (SSSR count). The van der Waals surface area contributed by atoms with Gasteiger partial charge >= 0.3 is 0 Å². The fraction of sp³-hybridized carbons (Fsp3) is 0.474. The second-order valence-electron chi connectivity index (χ2n) is 7.27. The first-order chi connectivity index (χ1) is 13.0. The number of anilines is 1. The summed E-state index contributed by atoms with van der Waals surface area (Å²) in [6, 6.07) is 5.47. The summed E-state index contributed by atoms with van der Waals surface area (Å²) in [6.45, 7) is 1.40. The minimum absolute atomic E-state index is 0.0735. The molecule has 3 heterocycles. The summed E-state index contributed by atoms with van der Waals surface area (Å²) in [6.07, 6.45) is 3.95. The number of carbonyl (C=O) groups is 1. The molecule has 1 saturated heterocycles. The van der Waals surface area contributed by atoms with Gasteiger partial charge in [-0.05, 0) is 25.0 Å². The number of hydrogen-bond donors (Lipinski definition) is 0. The number of likely N-dealkylation sites (N-methyl/N-ethyl adjacent to an activating group) is 1. The van der Waals surface area contributed by atoms with Gasteiger partial charge in [-0.2, -0.15) is 5.10 Å². The third kappa shape index (κ3) is 3.27. The van der Waals surface area contributed by atoms with E-state index in [0.717, 1.165) is 11.5 Å². The highest BCUT2D eigenvalue weighted by Gasteiger charge is 2.35.